The van der Waals surface area contributed by atoms with E-state index >= 15 is 0 Å². The number of ether oxygens (including phenoxy) is 2. The van der Waals surface area contributed by atoms with Crippen LogP contribution in [0, 0.1) is 6.92 Å². The number of imidazole rings is 1. The van der Waals surface area contributed by atoms with Gasteiger partial charge in [-0.3, -0.25) is 4.79 Å². The summed E-state index contributed by atoms with van der Waals surface area (Å²) in [5, 5.41) is 0. The molecule has 5 rings (SSSR count). The predicted molar refractivity (Wildman–Crippen MR) is 136 cm³/mol. The lowest BCUT2D eigenvalue weighted by atomic mass is 10.1. The molecule has 0 aliphatic heterocycles. The maximum atomic E-state index is 13.1. The highest BCUT2D eigenvalue weighted by Crippen LogP contribution is 2.37. The zero-order valence-corrected chi connectivity index (χ0v) is 20.6. The molecular formula is C26H21BrN2O3S. The maximum absolute atomic E-state index is 13.1. The van der Waals surface area contributed by atoms with Gasteiger partial charge in [-0.25, -0.2) is 9.38 Å². The van der Waals surface area contributed by atoms with E-state index < -0.39 is 0 Å². The van der Waals surface area contributed by atoms with Gasteiger partial charge in [0.2, 0.25) is 0 Å². The fourth-order valence-electron chi connectivity index (χ4n) is 3.68. The second kappa shape index (κ2) is 9.00. The molecule has 0 bridgehead atoms. The second-order valence-corrected chi connectivity index (χ2v) is 9.54. The van der Waals surface area contributed by atoms with Gasteiger partial charge in [-0.05, 0) is 71.2 Å². The van der Waals surface area contributed by atoms with Crippen LogP contribution in [0.3, 0.4) is 0 Å². The first-order valence-electron chi connectivity index (χ1n) is 10.6. The molecule has 0 atom stereocenters. The van der Waals surface area contributed by atoms with Crippen molar-refractivity contribution in [1.29, 1.82) is 0 Å². The smallest absolute Gasteiger partial charge is 0.274 e. The van der Waals surface area contributed by atoms with Gasteiger partial charge < -0.3 is 9.47 Å². The Hall–Kier alpha value is -3.16. The van der Waals surface area contributed by atoms with Gasteiger partial charge >= 0.3 is 0 Å². The van der Waals surface area contributed by atoms with E-state index in [0.29, 0.717) is 34.2 Å². The Bertz CT molecular complexity index is 1570. The Morgan fingerprint density at radius 1 is 1.09 bits per heavy atom. The molecule has 0 fully saturated rings. The number of hydrogen-bond acceptors (Lipinski definition) is 5. The Labute approximate surface area is 203 Å². The van der Waals surface area contributed by atoms with Gasteiger partial charge in [0.1, 0.15) is 6.61 Å². The Balaban J connectivity index is 1.52. The van der Waals surface area contributed by atoms with Crippen LogP contribution in [0.15, 0.2) is 69.9 Å². The van der Waals surface area contributed by atoms with E-state index in [1.54, 1.807) is 4.40 Å². The van der Waals surface area contributed by atoms with Crippen LogP contribution in [0.5, 0.6) is 11.5 Å². The van der Waals surface area contributed by atoms with E-state index in [-0.39, 0.29) is 5.56 Å². The first kappa shape index (κ1) is 21.7. The molecule has 2 aromatic heterocycles. The van der Waals surface area contributed by atoms with Gasteiger partial charge in [-0.15, -0.1) is 0 Å². The molecule has 3 aromatic carbocycles. The minimum absolute atomic E-state index is 0.0718. The monoisotopic (exact) mass is 520 g/mol. The second-order valence-electron chi connectivity index (χ2n) is 7.67. The summed E-state index contributed by atoms with van der Waals surface area (Å²) in [5.41, 5.74) is 4.71. The number of fused-ring (bicyclic) bond motifs is 3. The van der Waals surface area contributed by atoms with Crippen LogP contribution in [0.4, 0.5) is 0 Å². The van der Waals surface area contributed by atoms with E-state index in [1.807, 2.05) is 49.4 Å². The average molecular weight is 521 g/mol. The topological polar surface area (TPSA) is 52.8 Å². The van der Waals surface area contributed by atoms with E-state index in [9.17, 15) is 4.79 Å². The molecule has 5 aromatic rings. The largest absolute Gasteiger partial charge is 0.490 e. The summed E-state index contributed by atoms with van der Waals surface area (Å²) in [6.07, 6.45) is 1.87. The molecule has 0 saturated carbocycles. The maximum Gasteiger partial charge on any atom is 0.274 e. The molecule has 166 valence electrons. The number of hydrogen-bond donors (Lipinski definition) is 0. The van der Waals surface area contributed by atoms with E-state index in [2.05, 4.69) is 52.1 Å². The highest BCUT2D eigenvalue weighted by molar-refractivity contribution is 9.10. The van der Waals surface area contributed by atoms with Crippen molar-refractivity contribution in [3.8, 4) is 11.5 Å². The first-order chi connectivity index (χ1) is 16.0. The number of aryl methyl sites for hydroxylation is 1. The average Bonchev–Trinajstić information content (AvgIpc) is 3.31. The lowest BCUT2D eigenvalue weighted by Crippen LogP contribution is -2.22. The summed E-state index contributed by atoms with van der Waals surface area (Å²) in [4.78, 5) is 18.4. The van der Waals surface area contributed by atoms with Crippen LogP contribution in [0.25, 0.3) is 22.1 Å². The van der Waals surface area contributed by atoms with Gasteiger partial charge in [0.05, 0.1) is 26.6 Å². The fourth-order valence-corrected chi connectivity index (χ4v) is 5.24. The van der Waals surface area contributed by atoms with Crippen LogP contribution >= 0.6 is 27.3 Å². The number of thiazole rings is 1. The molecule has 7 heteroatoms. The Morgan fingerprint density at radius 3 is 2.67 bits per heavy atom. The van der Waals surface area contributed by atoms with Crippen molar-refractivity contribution in [2.24, 2.45) is 0 Å². The Kier molecular flexibility index (Phi) is 5.91. The van der Waals surface area contributed by atoms with Crippen LogP contribution in [-0.4, -0.2) is 16.0 Å². The molecule has 0 aliphatic rings. The molecule has 0 N–H and O–H groups in total. The summed E-state index contributed by atoms with van der Waals surface area (Å²) in [6.45, 7) is 4.93. The van der Waals surface area contributed by atoms with Crippen LogP contribution in [0.1, 0.15) is 23.6 Å². The molecular weight excluding hydrogens is 500 g/mol. The quantitative estimate of drug-likeness (QED) is 0.296. The third kappa shape index (κ3) is 4.26. The van der Waals surface area contributed by atoms with Gasteiger partial charge in [0.25, 0.3) is 5.56 Å². The normalized spacial score (nSPS) is 12.0. The summed E-state index contributed by atoms with van der Waals surface area (Å²) in [6, 6.07) is 19.7. The highest BCUT2D eigenvalue weighted by atomic mass is 79.9. The van der Waals surface area contributed by atoms with Gasteiger partial charge in [-0.2, -0.15) is 0 Å². The molecule has 0 spiro atoms. The lowest BCUT2D eigenvalue weighted by Gasteiger charge is -2.15. The number of halogens is 1. The van der Waals surface area contributed by atoms with Crippen LogP contribution in [0.2, 0.25) is 0 Å². The highest BCUT2D eigenvalue weighted by Gasteiger charge is 2.14. The van der Waals surface area contributed by atoms with Crippen molar-refractivity contribution in [2.45, 2.75) is 20.5 Å². The summed E-state index contributed by atoms with van der Waals surface area (Å²) in [5.74, 6) is 1.27. The molecule has 5 nitrogen and oxygen atoms in total. The number of benzene rings is 3. The SMILES string of the molecule is CCOc1cc(/C=c2\sc3nc4ccccc4n3c2=O)cc(Br)c1OCc1ccc(C)cc1. The first-order valence-corrected chi connectivity index (χ1v) is 12.2. The van der Waals surface area contributed by atoms with Gasteiger partial charge in [-0.1, -0.05) is 53.3 Å². The van der Waals surface area contributed by atoms with E-state index in [1.165, 1.54) is 16.9 Å². The Morgan fingerprint density at radius 2 is 1.88 bits per heavy atom. The predicted octanol–water partition coefficient (Wildman–Crippen LogP) is 5.51. The standard InChI is InChI=1S/C26H21BrN2O3S/c1-3-31-22-13-18(12-19(27)24(22)32-15-17-10-8-16(2)9-11-17)14-23-25(30)29-21-7-5-4-6-20(21)28-26(29)33-23/h4-14H,3,15H2,1-2H3/b23-14-. The fraction of sp³-hybridized carbons (Fsp3) is 0.154. The van der Waals surface area contributed by atoms with E-state index in [4.69, 9.17) is 9.47 Å². The summed E-state index contributed by atoms with van der Waals surface area (Å²) < 4.78 is 15.0. The number of nitrogens with zero attached hydrogens (tertiary/aromatic N) is 2. The summed E-state index contributed by atoms with van der Waals surface area (Å²) >= 11 is 5.01. The van der Waals surface area contributed by atoms with Crippen molar-refractivity contribution in [2.75, 3.05) is 6.61 Å². The molecule has 2 heterocycles. The van der Waals surface area contributed by atoms with Crippen LogP contribution in [-0.2, 0) is 6.61 Å². The third-order valence-corrected chi connectivity index (χ3v) is 6.84. The van der Waals surface area contributed by atoms with Gasteiger partial charge in [0.15, 0.2) is 16.5 Å². The molecule has 0 amide bonds. The number of rotatable bonds is 6. The number of para-hydroxylation sites is 2. The molecule has 0 unspecified atom stereocenters. The van der Waals surface area contributed by atoms with Gasteiger partial charge in [0, 0.05) is 0 Å². The zero-order valence-electron chi connectivity index (χ0n) is 18.2. The third-order valence-electron chi connectivity index (χ3n) is 5.28. The van der Waals surface area contributed by atoms with Crippen LogP contribution < -0.4 is 19.6 Å². The molecule has 0 aliphatic carbocycles. The van der Waals surface area contributed by atoms with E-state index in [0.717, 1.165) is 26.6 Å². The van der Waals surface area contributed by atoms with Crippen molar-refractivity contribution in [3.63, 3.8) is 0 Å². The number of aromatic nitrogens is 2. The van der Waals surface area contributed by atoms with Crippen molar-refractivity contribution >= 4 is 49.3 Å². The van der Waals surface area contributed by atoms with Crippen molar-refractivity contribution < 1.29 is 9.47 Å². The van der Waals surface area contributed by atoms with Crippen molar-refractivity contribution in [3.05, 3.63) is 96.7 Å². The minimum atomic E-state index is -0.0718. The lowest BCUT2D eigenvalue weighted by molar-refractivity contribution is 0.267. The molecule has 0 saturated heterocycles. The zero-order chi connectivity index (χ0) is 22.9. The molecule has 33 heavy (non-hydrogen) atoms. The minimum Gasteiger partial charge on any atom is -0.490 e. The van der Waals surface area contributed by atoms with Crippen molar-refractivity contribution in [1.82, 2.24) is 9.38 Å². The summed E-state index contributed by atoms with van der Waals surface area (Å²) in [7, 11) is 0. The molecule has 0 radical (unpaired) electrons.